The van der Waals surface area contributed by atoms with E-state index in [0.717, 1.165) is 10.8 Å². The number of fused-ring (bicyclic) bond motifs is 1. The van der Waals surface area contributed by atoms with E-state index in [1.165, 1.54) is 6.92 Å². The van der Waals surface area contributed by atoms with Crippen molar-refractivity contribution in [1.29, 1.82) is 0 Å². The lowest BCUT2D eigenvalue weighted by Gasteiger charge is -2.13. The van der Waals surface area contributed by atoms with Crippen LogP contribution in [0.5, 0.6) is 5.75 Å². The molecule has 2 aromatic carbocycles. The summed E-state index contributed by atoms with van der Waals surface area (Å²) in [6.45, 7) is 0.412. The molecule has 0 saturated carbocycles. The normalized spacial score (nSPS) is 12.3. The number of ether oxygens (including phenoxy) is 3. The molecular weight excluding hydrogens is 369 g/mol. The van der Waals surface area contributed by atoms with Gasteiger partial charge in [-0.1, -0.05) is 24.3 Å². The summed E-state index contributed by atoms with van der Waals surface area (Å²) >= 11 is 0. The molecule has 0 spiro atoms. The van der Waals surface area contributed by atoms with E-state index in [9.17, 15) is 27.6 Å². The molecule has 9 heteroatoms. The molecule has 0 amide bonds. The van der Waals surface area contributed by atoms with Crippen LogP contribution in [0.3, 0.4) is 0 Å². The smallest absolute Gasteiger partial charge is 0.491 e. The molecule has 0 aliphatic rings. The number of alkyl halides is 3. The summed E-state index contributed by atoms with van der Waals surface area (Å²) < 4.78 is 49.3. The number of rotatable bonds is 5. The molecule has 2 rings (SSSR count). The van der Waals surface area contributed by atoms with Gasteiger partial charge in [-0.3, -0.25) is 4.79 Å². The van der Waals surface area contributed by atoms with Crippen LogP contribution in [-0.2, 0) is 23.9 Å². The van der Waals surface area contributed by atoms with Crippen LogP contribution in [0, 0.1) is 0 Å². The SMILES string of the molecule is COc1ccc2cc([C@H](C)C(=O)OCC(=O)OC(=O)C(F)(F)F)ccc2c1. The second-order valence-corrected chi connectivity index (χ2v) is 5.56. The first-order chi connectivity index (χ1) is 12.6. The Morgan fingerprint density at radius 2 is 1.67 bits per heavy atom. The molecule has 0 radical (unpaired) electrons. The number of hydrogen-bond donors (Lipinski definition) is 0. The van der Waals surface area contributed by atoms with Crippen LogP contribution >= 0.6 is 0 Å². The van der Waals surface area contributed by atoms with Gasteiger partial charge in [0.1, 0.15) is 5.75 Å². The molecule has 144 valence electrons. The molecule has 2 aromatic rings. The highest BCUT2D eigenvalue weighted by Gasteiger charge is 2.42. The predicted octanol–water partition coefficient (Wildman–Crippen LogP) is 3.13. The van der Waals surface area contributed by atoms with Crippen molar-refractivity contribution >= 4 is 28.7 Å². The van der Waals surface area contributed by atoms with Gasteiger partial charge < -0.3 is 14.2 Å². The van der Waals surface area contributed by atoms with Crippen molar-refractivity contribution < 1.29 is 41.8 Å². The Bertz CT molecular complexity index is 875. The summed E-state index contributed by atoms with van der Waals surface area (Å²) in [5.74, 6) is -5.23. The van der Waals surface area contributed by atoms with Gasteiger partial charge in [-0.2, -0.15) is 13.2 Å². The van der Waals surface area contributed by atoms with Crippen molar-refractivity contribution in [1.82, 2.24) is 0 Å². The van der Waals surface area contributed by atoms with E-state index in [1.54, 1.807) is 37.4 Å². The highest BCUT2D eigenvalue weighted by molar-refractivity contribution is 5.90. The van der Waals surface area contributed by atoms with Gasteiger partial charge in [-0.25, -0.2) is 9.59 Å². The standard InChI is InChI=1S/C18H15F3O6/c1-10(16(23)26-9-15(22)27-17(24)18(19,20)21)11-3-4-13-8-14(25-2)6-5-12(13)7-11/h3-8,10H,9H2,1-2H3/t10-/m0/s1. The Morgan fingerprint density at radius 3 is 2.30 bits per heavy atom. The van der Waals surface area contributed by atoms with Gasteiger partial charge >= 0.3 is 24.1 Å². The molecule has 0 unspecified atom stereocenters. The first kappa shape index (κ1) is 20.2. The van der Waals surface area contributed by atoms with Crippen LogP contribution in [0.4, 0.5) is 13.2 Å². The van der Waals surface area contributed by atoms with Crippen molar-refractivity contribution in [3.8, 4) is 5.75 Å². The Kier molecular flexibility index (Phi) is 6.04. The maximum atomic E-state index is 12.0. The topological polar surface area (TPSA) is 78.9 Å². The third kappa shape index (κ3) is 5.19. The Morgan fingerprint density at radius 1 is 1.04 bits per heavy atom. The summed E-state index contributed by atoms with van der Waals surface area (Å²) in [7, 11) is 1.54. The quantitative estimate of drug-likeness (QED) is 0.582. The molecule has 0 aliphatic heterocycles. The lowest BCUT2D eigenvalue weighted by atomic mass is 9.98. The molecule has 27 heavy (non-hydrogen) atoms. The van der Waals surface area contributed by atoms with Gasteiger partial charge in [0, 0.05) is 0 Å². The van der Waals surface area contributed by atoms with Gasteiger partial charge in [-0.05, 0) is 35.4 Å². The first-order valence-electron chi connectivity index (χ1n) is 7.68. The van der Waals surface area contributed by atoms with Gasteiger partial charge in [0.2, 0.25) is 0 Å². The third-order valence-corrected chi connectivity index (χ3v) is 3.70. The van der Waals surface area contributed by atoms with Crippen LogP contribution in [0.2, 0.25) is 0 Å². The van der Waals surface area contributed by atoms with Gasteiger partial charge in [-0.15, -0.1) is 0 Å². The zero-order valence-corrected chi connectivity index (χ0v) is 14.3. The molecule has 0 aromatic heterocycles. The summed E-state index contributed by atoms with van der Waals surface area (Å²) in [5.41, 5.74) is 0.581. The second kappa shape index (κ2) is 8.07. The molecule has 6 nitrogen and oxygen atoms in total. The van der Waals surface area contributed by atoms with E-state index in [2.05, 4.69) is 9.47 Å². The van der Waals surface area contributed by atoms with Crippen molar-refractivity contribution in [2.24, 2.45) is 0 Å². The Hall–Kier alpha value is -3.10. The molecule has 0 saturated heterocycles. The maximum absolute atomic E-state index is 12.0. The number of carbonyl (C=O) groups excluding carboxylic acids is 3. The monoisotopic (exact) mass is 384 g/mol. The zero-order valence-electron chi connectivity index (χ0n) is 14.3. The molecule has 0 fully saturated rings. The van der Waals surface area contributed by atoms with E-state index >= 15 is 0 Å². The third-order valence-electron chi connectivity index (χ3n) is 3.70. The number of methoxy groups -OCH3 is 1. The molecule has 0 N–H and O–H groups in total. The summed E-state index contributed by atoms with van der Waals surface area (Å²) in [6, 6.07) is 10.6. The van der Waals surface area contributed by atoms with E-state index in [-0.39, 0.29) is 0 Å². The molecule has 0 bridgehead atoms. The number of benzene rings is 2. The number of hydrogen-bond acceptors (Lipinski definition) is 6. The highest BCUT2D eigenvalue weighted by atomic mass is 19.4. The van der Waals surface area contributed by atoms with Gasteiger partial charge in [0.15, 0.2) is 6.61 Å². The van der Waals surface area contributed by atoms with Crippen LogP contribution in [-0.4, -0.2) is 37.8 Å². The van der Waals surface area contributed by atoms with Crippen LogP contribution in [0.25, 0.3) is 10.8 Å². The number of halogens is 3. The fraction of sp³-hybridized carbons (Fsp3) is 0.278. The van der Waals surface area contributed by atoms with Crippen LogP contribution in [0.15, 0.2) is 36.4 Å². The van der Waals surface area contributed by atoms with E-state index in [0.29, 0.717) is 11.3 Å². The molecular formula is C18H15F3O6. The fourth-order valence-electron chi connectivity index (χ4n) is 2.22. The van der Waals surface area contributed by atoms with Crippen molar-refractivity contribution in [2.45, 2.75) is 19.0 Å². The number of esters is 3. The average molecular weight is 384 g/mol. The minimum Gasteiger partial charge on any atom is -0.497 e. The molecule has 0 aliphatic carbocycles. The fourth-order valence-corrected chi connectivity index (χ4v) is 2.22. The minimum absolute atomic E-state index is 0.581. The maximum Gasteiger partial charge on any atom is 0.491 e. The van der Waals surface area contributed by atoms with Crippen molar-refractivity contribution in [3.05, 3.63) is 42.0 Å². The van der Waals surface area contributed by atoms with E-state index in [1.807, 2.05) is 6.07 Å². The minimum atomic E-state index is -5.30. The van der Waals surface area contributed by atoms with Gasteiger partial charge in [0.25, 0.3) is 0 Å². The van der Waals surface area contributed by atoms with E-state index < -0.39 is 36.6 Å². The lowest BCUT2D eigenvalue weighted by molar-refractivity contribution is -0.203. The average Bonchev–Trinajstić information content (AvgIpc) is 2.63. The Labute approximate surface area is 151 Å². The number of carbonyl (C=O) groups is 3. The van der Waals surface area contributed by atoms with E-state index in [4.69, 9.17) is 4.74 Å². The van der Waals surface area contributed by atoms with Crippen LogP contribution < -0.4 is 4.74 Å². The highest BCUT2D eigenvalue weighted by Crippen LogP contribution is 2.25. The van der Waals surface area contributed by atoms with Crippen molar-refractivity contribution in [3.63, 3.8) is 0 Å². The van der Waals surface area contributed by atoms with Crippen molar-refractivity contribution in [2.75, 3.05) is 13.7 Å². The molecule has 1 atom stereocenters. The lowest BCUT2D eigenvalue weighted by Crippen LogP contribution is -2.30. The summed E-state index contributed by atoms with van der Waals surface area (Å²) in [6.07, 6.45) is -5.30. The Balaban J connectivity index is 1.99. The summed E-state index contributed by atoms with van der Waals surface area (Å²) in [4.78, 5) is 33.7. The zero-order chi connectivity index (χ0) is 20.2. The molecule has 0 heterocycles. The van der Waals surface area contributed by atoms with Crippen LogP contribution in [0.1, 0.15) is 18.4 Å². The van der Waals surface area contributed by atoms with Gasteiger partial charge in [0.05, 0.1) is 13.0 Å². The first-order valence-corrected chi connectivity index (χ1v) is 7.68. The largest absolute Gasteiger partial charge is 0.497 e. The summed E-state index contributed by atoms with van der Waals surface area (Å²) in [5, 5.41) is 1.72. The predicted molar refractivity (Wildman–Crippen MR) is 87.0 cm³/mol. The second-order valence-electron chi connectivity index (χ2n) is 5.56.